The van der Waals surface area contributed by atoms with Crippen LogP contribution in [0.1, 0.15) is 77.0 Å². The largest absolute Gasteiger partial charge is 0.289 e. The Balaban J connectivity index is 0.000000191. The smallest absolute Gasteiger partial charge is 0.206 e. The van der Waals surface area contributed by atoms with E-state index in [1.165, 1.54) is 22.3 Å². The topological polar surface area (TPSA) is 68.3 Å². The van der Waals surface area contributed by atoms with E-state index in [0.29, 0.717) is 9.79 Å². The van der Waals surface area contributed by atoms with Crippen LogP contribution in [0.25, 0.3) is 0 Å². The van der Waals surface area contributed by atoms with Gasteiger partial charge in [0.1, 0.15) is 0 Å². The van der Waals surface area contributed by atoms with Gasteiger partial charge in [-0.3, -0.25) is 9.59 Å². The maximum absolute atomic E-state index is 12.3. The Morgan fingerprint density at radius 1 is 0.353 bits per heavy atom. The number of allylic oxidation sites excluding steroid dienone is 4. The van der Waals surface area contributed by atoms with Gasteiger partial charge in [0.15, 0.2) is 11.6 Å². The predicted octanol–water partition coefficient (Wildman–Crippen LogP) is 11.2. The van der Waals surface area contributed by atoms with Crippen molar-refractivity contribution >= 4 is 21.4 Å². The van der Waals surface area contributed by atoms with Crippen molar-refractivity contribution in [3.63, 3.8) is 0 Å². The van der Waals surface area contributed by atoms with E-state index in [0.717, 1.165) is 44.5 Å². The van der Waals surface area contributed by atoms with Gasteiger partial charge in [-0.25, -0.2) is 8.42 Å². The highest BCUT2D eigenvalue weighted by molar-refractivity contribution is 7.91. The first-order chi connectivity index (χ1) is 24.0. The molecule has 5 aromatic rings. The van der Waals surface area contributed by atoms with Crippen molar-refractivity contribution in [2.24, 2.45) is 0 Å². The molecule has 0 N–H and O–H groups in total. The van der Waals surface area contributed by atoms with Gasteiger partial charge in [-0.15, -0.1) is 0 Å². The molecule has 0 heterocycles. The van der Waals surface area contributed by atoms with Gasteiger partial charge in [0, 0.05) is 11.1 Å². The van der Waals surface area contributed by atoms with Gasteiger partial charge in [0.05, 0.1) is 9.79 Å². The van der Waals surface area contributed by atoms with Crippen LogP contribution in [0.5, 0.6) is 0 Å². The minimum Gasteiger partial charge on any atom is -0.289 e. The molecule has 0 saturated heterocycles. The number of rotatable bonds is 4. The molecule has 0 amide bonds. The van der Waals surface area contributed by atoms with Crippen LogP contribution in [-0.2, 0) is 14.6 Å². The predicted molar refractivity (Wildman–Crippen MR) is 211 cm³/mol. The number of hydrogen-bond acceptors (Lipinski definition) is 4. The van der Waals surface area contributed by atoms with Crippen LogP contribution >= 0.6 is 0 Å². The molecule has 51 heavy (non-hydrogen) atoms. The molecule has 0 radical (unpaired) electrons. The molecule has 0 aliphatic heterocycles. The summed E-state index contributed by atoms with van der Waals surface area (Å²) in [5, 5.41) is 0. The summed E-state index contributed by atoms with van der Waals surface area (Å²) < 4.78 is 24.5. The minimum atomic E-state index is -3.37. The highest BCUT2D eigenvalue weighted by Gasteiger charge is 2.20. The van der Waals surface area contributed by atoms with Gasteiger partial charge in [-0.2, -0.15) is 0 Å². The third kappa shape index (κ3) is 11.4. The lowest BCUT2D eigenvalue weighted by molar-refractivity contribution is -0.112. The van der Waals surface area contributed by atoms with E-state index in [1.54, 1.807) is 48.5 Å². The Labute approximate surface area is 305 Å². The summed E-state index contributed by atoms with van der Waals surface area (Å²) in [7, 11) is -3.37. The van der Waals surface area contributed by atoms with Crippen LogP contribution in [-0.4, -0.2) is 20.0 Å². The molecule has 264 valence electrons. The average Bonchev–Trinajstić information content (AvgIpc) is 3.28. The molecular formula is C46H50O4S. The molecule has 0 bridgehead atoms. The maximum atomic E-state index is 12.3. The Bertz CT molecular complexity index is 1970. The standard InChI is InChI=1S/C15H14O.C14H14O2S.C9H12O.C8H10/c1-11-3-7-13(8-4-11)15(16)14-9-5-12(2)6-10-14;1-11-3-7-13(8-4-11)17(15,16)14-9-5-12(2)6-10-14;1-5-6(2)8(4)9(10)7(5)3;1-7-3-5-8(2)6-4-7/h3-10H,1-2H3;3-10H,1-2H3;1-4H3;3-6H,1-2H3. The highest BCUT2D eigenvalue weighted by atomic mass is 32.2. The second kappa shape index (κ2) is 18.2. The van der Waals surface area contributed by atoms with Gasteiger partial charge in [0.25, 0.3) is 0 Å². The average molecular weight is 699 g/mol. The molecule has 1 aliphatic carbocycles. The Morgan fingerprint density at radius 3 is 0.784 bits per heavy atom. The van der Waals surface area contributed by atoms with Crippen LogP contribution in [0, 0.1) is 41.5 Å². The van der Waals surface area contributed by atoms with E-state index in [1.807, 2.05) is 104 Å². The number of hydrogen-bond donors (Lipinski definition) is 0. The molecule has 5 aromatic carbocycles. The van der Waals surface area contributed by atoms with E-state index in [9.17, 15) is 18.0 Å². The molecular weight excluding hydrogens is 649 g/mol. The second-order valence-corrected chi connectivity index (χ2v) is 15.1. The summed E-state index contributed by atoms with van der Waals surface area (Å²) in [4.78, 5) is 24.0. The summed E-state index contributed by atoms with van der Waals surface area (Å²) in [5.41, 5.74) is 12.7. The molecule has 0 atom stereocenters. The first-order valence-electron chi connectivity index (χ1n) is 17.0. The number of Topliss-reactive ketones (excluding diaryl/α,β-unsaturated/α-hetero) is 1. The van der Waals surface area contributed by atoms with E-state index in [4.69, 9.17) is 0 Å². The lowest BCUT2D eigenvalue weighted by atomic mass is 10.0. The molecule has 0 spiro atoms. The zero-order chi connectivity index (χ0) is 37.9. The highest BCUT2D eigenvalue weighted by Crippen LogP contribution is 2.27. The van der Waals surface area contributed by atoms with Crippen LogP contribution in [0.3, 0.4) is 0 Å². The molecule has 4 nitrogen and oxygen atoms in total. The zero-order valence-electron chi connectivity index (χ0n) is 31.6. The molecule has 5 heteroatoms. The van der Waals surface area contributed by atoms with Crippen molar-refractivity contribution < 1.29 is 18.0 Å². The SMILES string of the molecule is CC1=C(C)C(C)=C(C)C1=O.Cc1ccc(C(=O)c2ccc(C)cc2)cc1.Cc1ccc(C)cc1.Cc1ccc(S(=O)(=O)c2ccc(C)cc2)cc1. The van der Waals surface area contributed by atoms with E-state index in [-0.39, 0.29) is 11.6 Å². The number of aryl methyl sites for hydroxylation is 6. The van der Waals surface area contributed by atoms with Crippen molar-refractivity contribution in [3.8, 4) is 0 Å². The lowest BCUT2D eigenvalue weighted by Crippen LogP contribution is -2.01. The monoisotopic (exact) mass is 698 g/mol. The number of sulfone groups is 1. The molecule has 0 saturated carbocycles. The van der Waals surface area contributed by atoms with Crippen molar-refractivity contribution in [1.29, 1.82) is 0 Å². The van der Waals surface area contributed by atoms with E-state index < -0.39 is 9.84 Å². The molecule has 0 fully saturated rings. The maximum Gasteiger partial charge on any atom is 0.206 e. The third-order valence-corrected chi connectivity index (χ3v) is 10.7. The summed E-state index contributed by atoms with van der Waals surface area (Å²) >= 11 is 0. The quantitative estimate of drug-likeness (QED) is 0.175. The van der Waals surface area contributed by atoms with Gasteiger partial charge in [-0.05, 0) is 116 Å². The van der Waals surface area contributed by atoms with Crippen molar-refractivity contribution in [2.45, 2.75) is 79.0 Å². The fourth-order valence-electron chi connectivity index (χ4n) is 4.97. The lowest BCUT2D eigenvalue weighted by Gasteiger charge is -2.05. The van der Waals surface area contributed by atoms with Gasteiger partial charge < -0.3 is 0 Å². The van der Waals surface area contributed by atoms with E-state index >= 15 is 0 Å². The first-order valence-corrected chi connectivity index (χ1v) is 18.5. The normalized spacial score (nSPS) is 12.2. The number of carbonyl (C=O) groups is 2. The molecule has 6 rings (SSSR count). The van der Waals surface area contributed by atoms with Crippen molar-refractivity contribution in [2.75, 3.05) is 0 Å². The van der Waals surface area contributed by atoms with Crippen molar-refractivity contribution in [3.05, 3.63) is 188 Å². The summed E-state index contributed by atoms with van der Waals surface area (Å²) in [6, 6.07) is 37.6. The van der Waals surface area contributed by atoms with E-state index in [2.05, 4.69) is 38.1 Å². The molecule has 0 aromatic heterocycles. The Kier molecular flexibility index (Phi) is 14.4. The minimum absolute atomic E-state index is 0.0833. The van der Waals surface area contributed by atoms with Crippen LogP contribution < -0.4 is 0 Å². The Morgan fingerprint density at radius 2 is 0.569 bits per heavy atom. The van der Waals surface area contributed by atoms with Crippen molar-refractivity contribution in [1.82, 2.24) is 0 Å². The number of benzene rings is 5. The second-order valence-electron chi connectivity index (χ2n) is 13.2. The fraction of sp³-hybridized carbons (Fsp3) is 0.217. The number of ketones is 2. The summed E-state index contributed by atoms with van der Waals surface area (Å²) in [5.74, 6) is 0.301. The van der Waals surface area contributed by atoms with Gasteiger partial charge in [-0.1, -0.05) is 130 Å². The van der Waals surface area contributed by atoms with Crippen LogP contribution in [0.4, 0.5) is 0 Å². The first kappa shape index (κ1) is 40.3. The zero-order valence-corrected chi connectivity index (χ0v) is 32.4. The summed E-state index contributed by atoms with van der Waals surface area (Å²) in [6.07, 6.45) is 0. The van der Waals surface area contributed by atoms with Gasteiger partial charge in [0.2, 0.25) is 9.84 Å². The molecule has 1 aliphatic rings. The third-order valence-electron chi connectivity index (χ3n) is 8.88. The molecule has 0 unspecified atom stereocenters. The van der Waals surface area contributed by atoms with Crippen LogP contribution in [0.2, 0.25) is 0 Å². The fourth-order valence-corrected chi connectivity index (χ4v) is 6.23. The summed E-state index contributed by atoms with van der Waals surface area (Å²) in [6.45, 7) is 19.9. The Hall–Kier alpha value is -5.13. The van der Waals surface area contributed by atoms with Crippen LogP contribution in [0.15, 0.2) is 153 Å². The van der Waals surface area contributed by atoms with Gasteiger partial charge >= 0.3 is 0 Å². The number of carbonyl (C=O) groups excluding carboxylic acids is 2.